The molecule has 0 amide bonds. The highest BCUT2D eigenvalue weighted by atomic mass is 35.5. The van der Waals surface area contributed by atoms with Gasteiger partial charge in [0.25, 0.3) is 5.56 Å². The summed E-state index contributed by atoms with van der Waals surface area (Å²) in [5.74, 6) is 1.37. The minimum absolute atomic E-state index is 0.0855. The third-order valence-corrected chi connectivity index (χ3v) is 5.52. The number of aromatic nitrogens is 2. The third-order valence-electron chi connectivity index (χ3n) is 5.27. The van der Waals surface area contributed by atoms with Gasteiger partial charge in [0.1, 0.15) is 18.2 Å². The van der Waals surface area contributed by atoms with Crippen LogP contribution in [0, 0.1) is 0 Å². The summed E-state index contributed by atoms with van der Waals surface area (Å²) in [4.78, 5) is 18.0. The summed E-state index contributed by atoms with van der Waals surface area (Å²) in [6.45, 7) is 0.723. The van der Waals surface area contributed by atoms with E-state index >= 15 is 0 Å². The standard InChI is InChI=1S/C26H19ClN2O2/c27-21-12-9-19(10-13-21)25-28-24-8-4-3-7-23(24)26(30)29(25)15-16-31-22-14-11-18-5-1-2-6-20(18)17-22/h1-14,17H,15-16H2. The average molecular weight is 427 g/mol. The third kappa shape index (κ3) is 3.90. The van der Waals surface area contributed by atoms with E-state index in [1.54, 1.807) is 22.8 Å². The lowest BCUT2D eigenvalue weighted by Crippen LogP contribution is -2.26. The fraction of sp³-hybridized carbons (Fsp3) is 0.0769. The first-order valence-corrected chi connectivity index (χ1v) is 10.4. The van der Waals surface area contributed by atoms with Gasteiger partial charge >= 0.3 is 0 Å². The molecular weight excluding hydrogens is 408 g/mol. The zero-order chi connectivity index (χ0) is 21.2. The van der Waals surface area contributed by atoms with Gasteiger partial charge < -0.3 is 4.74 Å². The van der Waals surface area contributed by atoms with Gasteiger partial charge in [0.15, 0.2) is 0 Å². The number of benzene rings is 4. The van der Waals surface area contributed by atoms with Gasteiger partial charge in [-0.1, -0.05) is 54.1 Å². The normalized spacial score (nSPS) is 11.1. The van der Waals surface area contributed by atoms with Crippen molar-refractivity contribution in [1.82, 2.24) is 9.55 Å². The molecule has 5 heteroatoms. The molecule has 4 nitrogen and oxygen atoms in total. The van der Waals surface area contributed by atoms with Crippen LogP contribution in [0.25, 0.3) is 33.1 Å². The molecule has 0 atom stereocenters. The van der Waals surface area contributed by atoms with E-state index in [9.17, 15) is 4.79 Å². The topological polar surface area (TPSA) is 44.1 Å². The van der Waals surface area contributed by atoms with Crippen LogP contribution < -0.4 is 10.3 Å². The number of ether oxygens (including phenoxy) is 1. The maximum Gasteiger partial charge on any atom is 0.261 e. The minimum atomic E-state index is -0.0855. The Labute approximate surface area is 184 Å². The van der Waals surface area contributed by atoms with E-state index < -0.39 is 0 Å². The number of nitrogens with zero attached hydrogens (tertiary/aromatic N) is 2. The Bertz CT molecular complexity index is 1440. The SMILES string of the molecule is O=c1c2ccccc2nc(-c2ccc(Cl)cc2)n1CCOc1ccc2ccccc2c1. The molecular formula is C26H19ClN2O2. The molecule has 0 bridgehead atoms. The lowest BCUT2D eigenvalue weighted by atomic mass is 10.1. The molecule has 0 aliphatic heterocycles. The fourth-order valence-electron chi connectivity index (χ4n) is 3.71. The molecule has 0 N–H and O–H groups in total. The monoisotopic (exact) mass is 426 g/mol. The zero-order valence-electron chi connectivity index (χ0n) is 16.7. The molecule has 5 aromatic rings. The van der Waals surface area contributed by atoms with E-state index in [-0.39, 0.29) is 5.56 Å². The summed E-state index contributed by atoms with van der Waals surface area (Å²) in [5, 5.41) is 3.50. The molecule has 0 saturated carbocycles. The molecule has 0 aliphatic carbocycles. The van der Waals surface area contributed by atoms with Crippen LogP contribution in [0.5, 0.6) is 5.75 Å². The van der Waals surface area contributed by atoms with Crippen molar-refractivity contribution < 1.29 is 4.74 Å². The number of fused-ring (bicyclic) bond motifs is 2. The Morgan fingerprint density at radius 3 is 2.42 bits per heavy atom. The van der Waals surface area contributed by atoms with Gasteiger partial charge in [-0.25, -0.2) is 4.98 Å². The molecule has 152 valence electrons. The fourth-order valence-corrected chi connectivity index (χ4v) is 3.83. The van der Waals surface area contributed by atoms with E-state index in [0.29, 0.717) is 34.9 Å². The van der Waals surface area contributed by atoms with Gasteiger partial charge in [-0.15, -0.1) is 0 Å². The van der Waals surface area contributed by atoms with Crippen LogP contribution in [0.2, 0.25) is 5.02 Å². The van der Waals surface area contributed by atoms with Crippen LogP contribution in [0.3, 0.4) is 0 Å². The largest absolute Gasteiger partial charge is 0.492 e. The van der Waals surface area contributed by atoms with Crippen LogP contribution >= 0.6 is 11.6 Å². The summed E-state index contributed by atoms with van der Waals surface area (Å²) in [6, 6.07) is 28.9. The first kappa shape index (κ1) is 19.3. The number of para-hydroxylation sites is 1. The van der Waals surface area contributed by atoms with Crippen molar-refractivity contribution in [2.24, 2.45) is 0 Å². The Hall–Kier alpha value is -3.63. The van der Waals surface area contributed by atoms with Gasteiger partial charge in [-0.05, 0) is 59.3 Å². The Morgan fingerprint density at radius 1 is 0.839 bits per heavy atom. The Morgan fingerprint density at radius 2 is 1.58 bits per heavy atom. The van der Waals surface area contributed by atoms with Crippen molar-refractivity contribution in [2.45, 2.75) is 6.54 Å². The van der Waals surface area contributed by atoms with Crippen molar-refractivity contribution in [3.05, 3.63) is 106 Å². The van der Waals surface area contributed by atoms with E-state index in [1.807, 2.05) is 60.7 Å². The van der Waals surface area contributed by atoms with Crippen LogP contribution in [0.15, 0.2) is 95.8 Å². The summed E-state index contributed by atoms with van der Waals surface area (Å²) < 4.78 is 7.66. The molecule has 0 unspecified atom stereocenters. The molecule has 0 radical (unpaired) electrons. The van der Waals surface area contributed by atoms with Crippen LogP contribution in [0.1, 0.15) is 0 Å². The maximum absolute atomic E-state index is 13.2. The van der Waals surface area contributed by atoms with Crippen molar-refractivity contribution in [1.29, 1.82) is 0 Å². The predicted octanol–water partition coefficient (Wildman–Crippen LogP) is 5.95. The average Bonchev–Trinajstić information content (AvgIpc) is 2.81. The van der Waals surface area contributed by atoms with Crippen LogP contribution in [-0.4, -0.2) is 16.2 Å². The number of hydrogen-bond donors (Lipinski definition) is 0. The van der Waals surface area contributed by atoms with E-state index in [1.165, 1.54) is 0 Å². The van der Waals surface area contributed by atoms with Gasteiger partial charge in [-0.2, -0.15) is 0 Å². The lowest BCUT2D eigenvalue weighted by molar-refractivity contribution is 0.297. The predicted molar refractivity (Wildman–Crippen MR) is 126 cm³/mol. The summed E-state index contributed by atoms with van der Waals surface area (Å²) >= 11 is 6.05. The molecule has 5 rings (SSSR count). The van der Waals surface area contributed by atoms with Crippen molar-refractivity contribution in [3.63, 3.8) is 0 Å². The summed E-state index contributed by atoms with van der Waals surface area (Å²) in [6.07, 6.45) is 0. The Balaban J connectivity index is 1.48. The summed E-state index contributed by atoms with van der Waals surface area (Å²) in [5.41, 5.74) is 1.42. The molecule has 0 fully saturated rings. The van der Waals surface area contributed by atoms with Crippen molar-refractivity contribution >= 4 is 33.3 Å². The highest BCUT2D eigenvalue weighted by Crippen LogP contribution is 2.23. The second kappa shape index (κ2) is 8.25. The molecule has 0 spiro atoms. The number of rotatable bonds is 5. The van der Waals surface area contributed by atoms with Gasteiger partial charge in [0.05, 0.1) is 17.4 Å². The minimum Gasteiger partial charge on any atom is -0.492 e. The first-order chi connectivity index (χ1) is 15.2. The highest BCUT2D eigenvalue weighted by Gasteiger charge is 2.13. The molecule has 4 aromatic carbocycles. The molecule has 31 heavy (non-hydrogen) atoms. The highest BCUT2D eigenvalue weighted by molar-refractivity contribution is 6.30. The molecule has 1 aromatic heterocycles. The van der Waals surface area contributed by atoms with Crippen LogP contribution in [-0.2, 0) is 6.54 Å². The quantitative estimate of drug-likeness (QED) is 0.349. The Kier molecular flexibility index (Phi) is 5.14. The number of halogens is 1. The first-order valence-electron chi connectivity index (χ1n) is 10.1. The van der Waals surface area contributed by atoms with Gasteiger partial charge in [0, 0.05) is 10.6 Å². The smallest absolute Gasteiger partial charge is 0.261 e. The second-order valence-electron chi connectivity index (χ2n) is 7.27. The lowest BCUT2D eigenvalue weighted by Gasteiger charge is -2.15. The second-order valence-corrected chi connectivity index (χ2v) is 7.71. The van der Waals surface area contributed by atoms with Gasteiger partial charge in [0.2, 0.25) is 0 Å². The van der Waals surface area contributed by atoms with Crippen molar-refractivity contribution in [2.75, 3.05) is 6.61 Å². The van der Waals surface area contributed by atoms with Crippen molar-refractivity contribution in [3.8, 4) is 17.1 Å². The molecule has 0 aliphatic rings. The molecule has 1 heterocycles. The zero-order valence-corrected chi connectivity index (χ0v) is 17.4. The van der Waals surface area contributed by atoms with Crippen LogP contribution in [0.4, 0.5) is 0 Å². The van der Waals surface area contributed by atoms with E-state index in [0.717, 1.165) is 22.1 Å². The number of hydrogen-bond acceptors (Lipinski definition) is 3. The molecule has 0 saturated heterocycles. The van der Waals surface area contributed by atoms with Gasteiger partial charge in [-0.3, -0.25) is 9.36 Å². The maximum atomic E-state index is 13.2. The van der Waals surface area contributed by atoms with E-state index in [4.69, 9.17) is 21.3 Å². The van der Waals surface area contributed by atoms with E-state index in [2.05, 4.69) is 12.1 Å². The summed E-state index contributed by atoms with van der Waals surface area (Å²) in [7, 11) is 0.